The molecule has 3 N–H and O–H groups in total. The molecule has 2 aromatic rings. The topological polar surface area (TPSA) is 96.5 Å². The number of benzene rings is 2. The molecular formula is C27H37N3O4. The molecule has 3 amide bonds. The first kappa shape index (κ1) is 26.9. The Hall–Kier alpha value is -3.35. The van der Waals surface area contributed by atoms with E-state index in [0.29, 0.717) is 19.4 Å². The molecular weight excluding hydrogens is 430 g/mol. The van der Waals surface area contributed by atoms with E-state index in [9.17, 15) is 14.4 Å². The maximum atomic E-state index is 12.9. The number of amides is 3. The van der Waals surface area contributed by atoms with Crippen molar-refractivity contribution in [3.05, 3.63) is 71.8 Å². The molecule has 2 atom stereocenters. The third kappa shape index (κ3) is 10.5. The van der Waals surface area contributed by atoms with Crippen LogP contribution in [0.15, 0.2) is 60.7 Å². The minimum atomic E-state index is -0.689. The molecule has 7 heteroatoms. The maximum Gasteiger partial charge on any atom is 0.407 e. The van der Waals surface area contributed by atoms with E-state index in [-0.39, 0.29) is 30.8 Å². The van der Waals surface area contributed by atoms with Crippen molar-refractivity contribution in [1.29, 1.82) is 0 Å². The quantitative estimate of drug-likeness (QED) is 0.415. The molecule has 0 saturated carbocycles. The molecule has 0 fully saturated rings. The summed E-state index contributed by atoms with van der Waals surface area (Å²) in [5.74, 6) is -0.239. The predicted molar refractivity (Wildman–Crippen MR) is 133 cm³/mol. The Bertz CT molecular complexity index is 887. The lowest BCUT2D eigenvalue weighted by molar-refractivity contribution is -0.129. The average molecular weight is 468 g/mol. The van der Waals surface area contributed by atoms with Gasteiger partial charge in [0.15, 0.2) is 0 Å². The highest BCUT2D eigenvalue weighted by Gasteiger charge is 2.24. The molecule has 0 heterocycles. The standard InChI is InChI=1S/C27H37N3O4/c1-4-15-28-26(32)24(17-21-11-7-5-8-12-21)30-25(31)18-23(16-20(2)3)29-27(33)34-19-22-13-9-6-10-14-22/h5-14,20,23-24H,4,15-19H2,1-3H3,(H,28,32)(H,29,33)(H,30,31). The minimum Gasteiger partial charge on any atom is -0.445 e. The monoisotopic (exact) mass is 467 g/mol. The van der Waals surface area contributed by atoms with Gasteiger partial charge in [0.05, 0.1) is 0 Å². The molecule has 2 unspecified atom stereocenters. The van der Waals surface area contributed by atoms with Crippen molar-refractivity contribution in [3.8, 4) is 0 Å². The van der Waals surface area contributed by atoms with Crippen LogP contribution in [-0.4, -0.2) is 36.5 Å². The van der Waals surface area contributed by atoms with Crippen LogP contribution in [-0.2, 0) is 27.4 Å². The first-order valence-electron chi connectivity index (χ1n) is 12.0. The molecule has 7 nitrogen and oxygen atoms in total. The summed E-state index contributed by atoms with van der Waals surface area (Å²) in [6.45, 7) is 6.73. The van der Waals surface area contributed by atoms with Gasteiger partial charge in [-0.2, -0.15) is 0 Å². The Morgan fingerprint density at radius 3 is 2.09 bits per heavy atom. The summed E-state index contributed by atoms with van der Waals surface area (Å²) in [6.07, 6.45) is 1.31. The molecule has 0 aliphatic carbocycles. The van der Waals surface area contributed by atoms with Gasteiger partial charge in [-0.25, -0.2) is 4.79 Å². The Kier molecular flexibility index (Phi) is 11.7. The number of carbonyl (C=O) groups excluding carboxylic acids is 3. The highest BCUT2D eigenvalue weighted by Crippen LogP contribution is 2.10. The fourth-order valence-electron chi connectivity index (χ4n) is 3.60. The van der Waals surface area contributed by atoms with E-state index < -0.39 is 18.2 Å². The molecule has 0 aromatic heterocycles. The van der Waals surface area contributed by atoms with Gasteiger partial charge in [-0.3, -0.25) is 9.59 Å². The van der Waals surface area contributed by atoms with E-state index in [1.54, 1.807) is 0 Å². The lowest BCUT2D eigenvalue weighted by Gasteiger charge is -2.23. The van der Waals surface area contributed by atoms with Crippen LogP contribution in [0.25, 0.3) is 0 Å². The summed E-state index contributed by atoms with van der Waals surface area (Å²) in [5.41, 5.74) is 1.85. The van der Waals surface area contributed by atoms with E-state index in [0.717, 1.165) is 17.5 Å². The molecule has 2 rings (SSSR count). The fourth-order valence-corrected chi connectivity index (χ4v) is 3.60. The molecule has 0 aliphatic heterocycles. The first-order chi connectivity index (χ1) is 16.4. The molecule has 0 radical (unpaired) electrons. The van der Waals surface area contributed by atoms with Crippen molar-refractivity contribution in [2.45, 2.75) is 65.1 Å². The van der Waals surface area contributed by atoms with Crippen LogP contribution >= 0.6 is 0 Å². The highest BCUT2D eigenvalue weighted by atomic mass is 16.5. The number of hydrogen-bond donors (Lipinski definition) is 3. The Morgan fingerprint density at radius 2 is 1.50 bits per heavy atom. The summed E-state index contributed by atoms with van der Waals surface area (Å²) < 4.78 is 5.32. The van der Waals surface area contributed by atoms with E-state index in [4.69, 9.17) is 4.74 Å². The van der Waals surface area contributed by atoms with Gasteiger partial charge in [0.25, 0.3) is 0 Å². The normalized spacial score (nSPS) is 12.5. The average Bonchev–Trinajstić information content (AvgIpc) is 2.81. The van der Waals surface area contributed by atoms with Crippen molar-refractivity contribution in [1.82, 2.24) is 16.0 Å². The molecule has 2 aromatic carbocycles. The van der Waals surface area contributed by atoms with Crippen LogP contribution in [0.5, 0.6) is 0 Å². The zero-order valence-corrected chi connectivity index (χ0v) is 20.4. The maximum absolute atomic E-state index is 12.9. The molecule has 0 aliphatic rings. The summed E-state index contributed by atoms with van der Waals surface area (Å²) in [7, 11) is 0. The van der Waals surface area contributed by atoms with Crippen LogP contribution < -0.4 is 16.0 Å². The summed E-state index contributed by atoms with van der Waals surface area (Å²) in [5, 5.41) is 8.54. The van der Waals surface area contributed by atoms with Gasteiger partial charge in [-0.15, -0.1) is 0 Å². The van der Waals surface area contributed by atoms with Crippen molar-refractivity contribution in [2.75, 3.05) is 6.54 Å². The SMILES string of the molecule is CCCNC(=O)C(Cc1ccccc1)NC(=O)CC(CC(C)C)NC(=O)OCc1ccccc1. The predicted octanol–water partition coefficient (Wildman–Crippen LogP) is 3.97. The molecule has 34 heavy (non-hydrogen) atoms. The zero-order valence-electron chi connectivity index (χ0n) is 20.4. The van der Waals surface area contributed by atoms with Crippen LogP contribution in [0.3, 0.4) is 0 Å². The second-order valence-electron chi connectivity index (χ2n) is 8.84. The number of alkyl carbamates (subject to hydrolysis) is 1. The van der Waals surface area contributed by atoms with E-state index in [1.807, 2.05) is 81.4 Å². The van der Waals surface area contributed by atoms with Crippen molar-refractivity contribution < 1.29 is 19.1 Å². The zero-order chi connectivity index (χ0) is 24.8. The largest absolute Gasteiger partial charge is 0.445 e. The van der Waals surface area contributed by atoms with Gasteiger partial charge in [-0.05, 0) is 29.9 Å². The van der Waals surface area contributed by atoms with E-state index in [2.05, 4.69) is 16.0 Å². The van der Waals surface area contributed by atoms with Gasteiger partial charge < -0.3 is 20.7 Å². The number of ether oxygens (including phenoxy) is 1. The lowest BCUT2D eigenvalue weighted by Crippen LogP contribution is -2.50. The third-order valence-electron chi connectivity index (χ3n) is 5.21. The van der Waals surface area contributed by atoms with Crippen LogP contribution in [0.2, 0.25) is 0 Å². The van der Waals surface area contributed by atoms with Crippen LogP contribution in [0, 0.1) is 5.92 Å². The van der Waals surface area contributed by atoms with E-state index >= 15 is 0 Å². The third-order valence-corrected chi connectivity index (χ3v) is 5.21. The van der Waals surface area contributed by atoms with Gasteiger partial charge in [0, 0.05) is 25.4 Å². The Labute approximate surface area is 202 Å². The summed E-state index contributed by atoms with van der Waals surface area (Å²) >= 11 is 0. The molecule has 0 spiro atoms. The smallest absolute Gasteiger partial charge is 0.407 e. The van der Waals surface area contributed by atoms with Crippen molar-refractivity contribution >= 4 is 17.9 Å². The highest BCUT2D eigenvalue weighted by molar-refractivity contribution is 5.88. The van der Waals surface area contributed by atoms with E-state index in [1.165, 1.54) is 0 Å². The Morgan fingerprint density at radius 1 is 0.882 bits per heavy atom. The van der Waals surface area contributed by atoms with Crippen LogP contribution in [0.1, 0.15) is 51.2 Å². The first-order valence-corrected chi connectivity index (χ1v) is 12.0. The number of carbonyl (C=O) groups is 3. The molecule has 184 valence electrons. The second-order valence-corrected chi connectivity index (χ2v) is 8.84. The van der Waals surface area contributed by atoms with Gasteiger partial charge >= 0.3 is 6.09 Å². The number of nitrogens with one attached hydrogen (secondary N) is 3. The van der Waals surface area contributed by atoms with Crippen LogP contribution in [0.4, 0.5) is 4.79 Å². The van der Waals surface area contributed by atoms with Gasteiger partial charge in [0.1, 0.15) is 12.6 Å². The van der Waals surface area contributed by atoms with Crippen molar-refractivity contribution in [3.63, 3.8) is 0 Å². The summed E-state index contributed by atoms with van der Waals surface area (Å²) in [6, 6.07) is 17.9. The molecule has 0 bridgehead atoms. The fraction of sp³-hybridized carbons (Fsp3) is 0.444. The van der Waals surface area contributed by atoms with Gasteiger partial charge in [-0.1, -0.05) is 81.4 Å². The number of hydrogen-bond acceptors (Lipinski definition) is 4. The van der Waals surface area contributed by atoms with Crippen molar-refractivity contribution in [2.24, 2.45) is 5.92 Å². The summed E-state index contributed by atoms with van der Waals surface area (Å²) in [4.78, 5) is 37.9. The molecule has 0 saturated heterocycles. The second kappa shape index (κ2) is 14.7. The minimum absolute atomic E-state index is 0.0605. The Balaban J connectivity index is 1.97. The van der Waals surface area contributed by atoms with Gasteiger partial charge in [0.2, 0.25) is 11.8 Å². The lowest BCUT2D eigenvalue weighted by atomic mass is 10.00. The number of rotatable bonds is 13.